The molecule has 1 aliphatic rings. The largest absolute Gasteiger partial charge is 0.481 e. The zero-order chi connectivity index (χ0) is 11.1. The molecule has 0 unspecified atom stereocenters. The third kappa shape index (κ3) is 5.78. The number of hydrogen-bond donors (Lipinski definition) is 2. The molecule has 0 aliphatic heterocycles. The molecule has 3 heteroatoms. The molecule has 0 atom stereocenters. The first kappa shape index (κ1) is 12.5. The van der Waals surface area contributed by atoms with E-state index in [-0.39, 0.29) is 6.10 Å². The molecule has 0 aromatic carbocycles. The summed E-state index contributed by atoms with van der Waals surface area (Å²) in [5.74, 6) is 0.0917. The van der Waals surface area contributed by atoms with Gasteiger partial charge in [-0.15, -0.1) is 0 Å². The van der Waals surface area contributed by atoms with E-state index in [4.69, 9.17) is 5.11 Å². The SMILES string of the molecule is O=C(O)CCCCCC1CCC(O)CC1. The Morgan fingerprint density at radius 2 is 1.73 bits per heavy atom. The molecule has 0 bridgehead atoms. The Morgan fingerprint density at radius 1 is 1.07 bits per heavy atom. The van der Waals surface area contributed by atoms with Crippen molar-refractivity contribution in [2.24, 2.45) is 5.92 Å². The fourth-order valence-electron chi connectivity index (χ4n) is 2.32. The van der Waals surface area contributed by atoms with Crippen molar-refractivity contribution < 1.29 is 15.0 Å². The third-order valence-electron chi connectivity index (χ3n) is 3.32. The van der Waals surface area contributed by atoms with Crippen molar-refractivity contribution in [1.29, 1.82) is 0 Å². The van der Waals surface area contributed by atoms with E-state index in [0.717, 1.165) is 50.9 Å². The lowest BCUT2D eigenvalue weighted by Gasteiger charge is -2.25. The maximum atomic E-state index is 10.3. The predicted octanol–water partition coefficient (Wildman–Crippen LogP) is 2.57. The van der Waals surface area contributed by atoms with Crippen LogP contribution in [0, 0.1) is 5.92 Å². The topological polar surface area (TPSA) is 57.5 Å². The summed E-state index contributed by atoms with van der Waals surface area (Å²) in [6, 6.07) is 0. The van der Waals surface area contributed by atoms with Crippen molar-refractivity contribution >= 4 is 5.97 Å². The Hall–Kier alpha value is -0.570. The Balaban J connectivity index is 1.94. The van der Waals surface area contributed by atoms with Crippen LogP contribution in [0.5, 0.6) is 0 Å². The maximum Gasteiger partial charge on any atom is 0.303 e. The highest BCUT2D eigenvalue weighted by molar-refractivity contribution is 5.66. The Labute approximate surface area is 91.5 Å². The highest BCUT2D eigenvalue weighted by Crippen LogP contribution is 2.28. The van der Waals surface area contributed by atoms with Gasteiger partial charge >= 0.3 is 5.97 Å². The van der Waals surface area contributed by atoms with Gasteiger partial charge in [-0.05, 0) is 38.0 Å². The molecule has 0 spiro atoms. The number of unbranched alkanes of at least 4 members (excludes halogenated alkanes) is 2. The molecule has 1 rings (SSSR count). The summed E-state index contributed by atoms with van der Waals surface area (Å²) < 4.78 is 0. The van der Waals surface area contributed by atoms with Gasteiger partial charge in [0.05, 0.1) is 6.10 Å². The van der Waals surface area contributed by atoms with E-state index < -0.39 is 5.97 Å². The van der Waals surface area contributed by atoms with Gasteiger partial charge in [-0.2, -0.15) is 0 Å². The second-order valence-electron chi connectivity index (χ2n) is 4.67. The molecule has 2 N–H and O–H groups in total. The van der Waals surface area contributed by atoms with E-state index in [2.05, 4.69) is 0 Å². The monoisotopic (exact) mass is 214 g/mol. The van der Waals surface area contributed by atoms with E-state index in [0.29, 0.717) is 6.42 Å². The quantitative estimate of drug-likeness (QED) is 0.668. The third-order valence-corrected chi connectivity index (χ3v) is 3.32. The molecule has 3 nitrogen and oxygen atoms in total. The van der Waals surface area contributed by atoms with Crippen molar-refractivity contribution in [3.8, 4) is 0 Å². The minimum atomic E-state index is -0.684. The van der Waals surface area contributed by atoms with E-state index in [1.807, 2.05) is 0 Å². The smallest absolute Gasteiger partial charge is 0.303 e. The zero-order valence-corrected chi connectivity index (χ0v) is 9.32. The molecule has 1 aliphatic carbocycles. The van der Waals surface area contributed by atoms with Crippen LogP contribution in [0.1, 0.15) is 57.8 Å². The highest BCUT2D eigenvalue weighted by Gasteiger charge is 2.18. The second-order valence-corrected chi connectivity index (χ2v) is 4.67. The molecule has 88 valence electrons. The van der Waals surface area contributed by atoms with Crippen LogP contribution in [-0.4, -0.2) is 22.3 Å². The molecule has 0 saturated heterocycles. The van der Waals surface area contributed by atoms with Gasteiger partial charge < -0.3 is 10.2 Å². The van der Waals surface area contributed by atoms with E-state index in [9.17, 15) is 9.90 Å². The van der Waals surface area contributed by atoms with Crippen molar-refractivity contribution in [3.05, 3.63) is 0 Å². The van der Waals surface area contributed by atoms with Gasteiger partial charge in [-0.25, -0.2) is 0 Å². The van der Waals surface area contributed by atoms with E-state index >= 15 is 0 Å². The molecule has 0 heterocycles. The standard InChI is InChI=1S/C12H22O3/c13-11-8-6-10(7-9-11)4-2-1-3-5-12(14)15/h10-11,13H,1-9H2,(H,14,15). The van der Waals surface area contributed by atoms with Crippen LogP contribution in [-0.2, 0) is 4.79 Å². The zero-order valence-electron chi connectivity index (χ0n) is 9.32. The van der Waals surface area contributed by atoms with Gasteiger partial charge in [-0.3, -0.25) is 4.79 Å². The Kier molecular flexibility index (Phi) is 5.69. The maximum absolute atomic E-state index is 10.3. The van der Waals surface area contributed by atoms with Gasteiger partial charge in [0, 0.05) is 6.42 Å². The van der Waals surface area contributed by atoms with Crippen molar-refractivity contribution in [1.82, 2.24) is 0 Å². The van der Waals surface area contributed by atoms with Crippen LogP contribution in [0.2, 0.25) is 0 Å². The van der Waals surface area contributed by atoms with Crippen molar-refractivity contribution in [2.75, 3.05) is 0 Å². The molecular formula is C12H22O3. The number of hydrogen-bond acceptors (Lipinski definition) is 2. The number of carboxylic acids is 1. The van der Waals surface area contributed by atoms with Gasteiger partial charge in [0.15, 0.2) is 0 Å². The van der Waals surface area contributed by atoms with Gasteiger partial charge in [0.2, 0.25) is 0 Å². The molecule has 0 amide bonds. The number of aliphatic carboxylic acids is 1. The number of carboxylic acid groups (broad SMARTS) is 1. The molecule has 0 aromatic heterocycles. The van der Waals surface area contributed by atoms with Crippen LogP contribution in [0.4, 0.5) is 0 Å². The lowest BCUT2D eigenvalue weighted by Crippen LogP contribution is -2.18. The molecular weight excluding hydrogens is 192 g/mol. The van der Waals surface area contributed by atoms with Crippen LogP contribution in [0.25, 0.3) is 0 Å². The minimum Gasteiger partial charge on any atom is -0.481 e. The van der Waals surface area contributed by atoms with Crippen LogP contribution < -0.4 is 0 Å². The first-order valence-electron chi connectivity index (χ1n) is 6.08. The Morgan fingerprint density at radius 3 is 2.33 bits per heavy atom. The summed E-state index contributed by atoms with van der Waals surface area (Å²) in [5.41, 5.74) is 0. The second kappa shape index (κ2) is 6.83. The van der Waals surface area contributed by atoms with Gasteiger partial charge in [0.1, 0.15) is 0 Å². The number of aliphatic hydroxyl groups excluding tert-OH is 1. The summed E-state index contributed by atoms with van der Waals surface area (Å²) >= 11 is 0. The van der Waals surface area contributed by atoms with Crippen LogP contribution in [0.15, 0.2) is 0 Å². The first-order chi connectivity index (χ1) is 7.18. The summed E-state index contributed by atoms with van der Waals surface area (Å²) in [4.78, 5) is 10.3. The van der Waals surface area contributed by atoms with Gasteiger partial charge in [-0.1, -0.05) is 19.3 Å². The molecule has 1 fully saturated rings. The summed E-state index contributed by atoms with van der Waals surface area (Å²) in [6.45, 7) is 0. The first-order valence-corrected chi connectivity index (χ1v) is 6.08. The van der Waals surface area contributed by atoms with Gasteiger partial charge in [0.25, 0.3) is 0 Å². The summed E-state index contributed by atoms with van der Waals surface area (Å²) in [6.07, 6.45) is 8.67. The van der Waals surface area contributed by atoms with E-state index in [1.165, 1.54) is 6.42 Å². The molecule has 0 radical (unpaired) electrons. The normalized spacial score (nSPS) is 26.5. The van der Waals surface area contributed by atoms with Crippen molar-refractivity contribution in [3.63, 3.8) is 0 Å². The molecule has 1 saturated carbocycles. The summed E-state index contributed by atoms with van der Waals surface area (Å²) in [7, 11) is 0. The van der Waals surface area contributed by atoms with E-state index in [1.54, 1.807) is 0 Å². The van der Waals surface area contributed by atoms with Crippen molar-refractivity contribution in [2.45, 2.75) is 63.9 Å². The lowest BCUT2D eigenvalue weighted by atomic mass is 9.84. The number of carbonyl (C=O) groups is 1. The number of rotatable bonds is 6. The molecule has 0 aromatic rings. The fraction of sp³-hybridized carbons (Fsp3) is 0.917. The average Bonchev–Trinajstić information content (AvgIpc) is 2.20. The molecule has 15 heavy (non-hydrogen) atoms. The average molecular weight is 214 g/mol. The Bertz CT molecular complexity index is 183. The van der Waals surface area contributed by atoms with Crippen LogP contribution >= 0.6 is 0 Å². The lowest BCUT2D eigenvalue weighted by molar-refractivity contribution is -0.137. The fourth-order valence-corrected chi connectivity index (χ4v) is 2.32. The number of aliphatic hydroxyl groups is 1. The predicted molar refractivity (Wildman–Crippen MR) is 58.7 cm³/mol. The highest BCUT2D eigenvalue weighted by atomic mass is 16.4. The minimum absolute atomic E-state index is 0.0618. The summed E-state index contributed by atoms with van der Waals surface area (Å²) in [5, 5.41) is 17.8. The van der Waals surface area contributed by atoms with Crippen LogP contribution in [0.3, 0.4) is 0 Å².